The van der Waals surface area contributed by atoms with Gasteiger partial charge in [0.25, 0.3) is 5.91 Å². The van der Waals surface area contributed by atoms with Gasteiger partial charge in [-0.2, -0.15) is 0 Å². The number of carbonyl (C=O) groups is 1. The van der Waals surface area contributed by atoms with E-state index in [-0.39, 0.29) is 11.9 Å². The topological polar surface area (TPSA) is 116 Å². The molecule has 4 aromatic heterocycles. The van der Waals surface area contributed by atoms with E-state index in [1.165, 1.54) is 0 Å². The van der Waals surface area contributed by atoms with Crippen molar-refractivity contribution >= 4 is 22.9 Å². The standard InChI is InChI=1S/C23H27N9O2/c1-5-32-20(15-8-14(2)22(34-4)25-9-15)29-18-19(26-12-27-21(18)32)28-16-6-7-31(11-16)23(33)17-10-24-13-30(17)3/h8-10,12-13,16H,5-7,11H2,1-4H3,(H,26,27,28)/t16-/m0/s1. The number of hydrogen-bond donors (Lipinski definition) is 1. The number of methoxy groups -OCH3 is 1. The van der Waals surface area contributed by atoms with Crippen LogP contribution in [0.2, 0.25) is 0 Å². The molecule has 4 aromatic rings. The highest BCUT2D eigenvalue weighted by atomic mass is 16.5. The Balaban J connectivity index is 1.42. The second-order valence-corrected chi connectivity index (χ2v) is 8.40. The molecule has 176 valence electrons. The Hall–Kier alpha value is -4.02. The minimum Gasteiger partial charge on any atom is -0.481 e. The van der Waals surface area contributed by atoms with Crippen molar-refractivity contribution in [3.63, 3.8) is 0 Å². The molecular weight excluding hydrogens is 434 g/mol. The summed E-state index contributed by atoms with van der Waals surface area (Å²) in [5.74, 6) is 2.02. The fourth-order valence-electron chi connectivity index (χ4n) is 4.44. The van der Waals surface area contributed by atoms with Crippen LogP contribution in [0.1, 0.15) is 29.4 Å². The average Bonchev–Trinajstić information content (AvgIpc) is 3.57. The number of ether oxygens (including phenoxy) is 1. The number of nitrogens with one attached hydrogen (secondary N) is 1. The van der Waals surface area contributed by atoms with Crippen molar-refractivity contribution in [2.75, 3.05) is 25.5 Å². The number of fused-ring (bicyclic) bond motifs is 1. The van der Waals surface area contributed by atoms with Gasteiger partial charge in [0, 0.05) is 50.0 Å². The molecule has 5 rings (SSSR count). The molecule has 5 heterocycles. The van der Waals surface area contributed by atoms with E-state index in [2.05, 4.69) is 36.7 Å². The molecule has 0 saturated carbocycles. The van der Waals surface area contributed by atoms with Crippen molar-refractivity contribution in [3.05, 3.63) is 42.4 Å². The molecule has 0 unspecified atom stereocenters. The molecule has 11 heteroatoms. The van der Waals surface area contributed by atoms with Gasteiger partial charge in [0.05, 0.1) is 19.6 Å². The summed E-state index contributed by atoms with van der Waals surface area (Å²) in [6.07, 6.45) is 7.37. The maximum absolute atomic E-state index is 12.8. The van der Waals surface area contributed by atoms with E-state index in [9.17, 15) is 4.79 Å². The SMILES string of the molecule is CCn1c(-c2cnc(OC)c(C)c2)nc2c(N[C@H]3CCN(C(=O)c4cncn4C)C3)ncnc21. The minimum atomic E-state index is -0.0166. The summed E-state index contributed by atoms with van der Waals surface area (Å²) >= 11 is 0. The molecule has 1 saturated heterocycles. The number of amides is 1. The third-order valence-electron chi connectivity index (χ3n) is 6.18. The molecule has 0 spiro atoms. The van der Waals surface area contributed by atoms with Crippen molar-refractivity contribution in [2.24, 2.45) is 7.05 Å². The van der Waals surface area contributed by atoms with Crippen molar-refractivity contribution in [2.45, 2.75) is 32.9 Å². The number of anilines is 1. The van der Waals surface area contributed by atoms with Crippen LogP contribution in [0.3, 0.4) is 0 Å². The first-order chi connectivity index (χ1) is 16.5. The Bertz CT molecular complexity index is 1360. The zero-order valence-electron chi connectivity index (χ0n) is 19.7. The Morgan fingerprint density at radius 3 is 2.82 bits per heavy atom. The van der Waals surface area contributed by atoms with Crippen LogP contribution < -0.4 is 10.1 Å². The van der Waals surface area contributed by atoms with Crippen LogP contribution in [0.15, 0.2) is 31.1 Å². The maximum Gasteiger partial charge on any atom is 0.272 e. The molecule has 1 atom stereocenters. The third-order valence-corrected chi connectivity index (χ3v) is 6.18. The normalized spacial score (nSPS) is 15.8. The first-order valence-electron chi connectivity index (χ1n) is 11.2. The van der Waals surface area contributed by atoms with E-state index in [1.807, 2.05) is 24.9 Å². The molecule has 0 bridgehead atoms. The van der Waals surface area contributed by atoms with E-state index < -0.39 is 0 Å². The van der Waals surface area contributed by atoms with Crippen molar-refractivity contribution in [1.82, 2.24) is 39.0 Å². The van der Waals surface area contributed by atoms with Gasteiger partial charge in [-0.25, -0.2) is 24.9 Å². The van der Waals surface area contributed by atoms with E-state index >= 15 is 0 Å². The maximum atomic E-state index is 12.8. The Kier molecular flexibility index (Phi) is 5.60. The molecule has 1 N–H and O–H groups in total. The summed E-state index contributed by atoms with van der Waals surface area (Å²) in [5, 5.41) is 3.50. The fourth-order valence-corrected chi connectivity index (χ4v) is 4.44. The highest BCUT2D eigenvalue weighted by molar-refractivity contribution is 5.92. The number of aromatic nitrogens is 7. The van der Waals surface area contributed by atoms with Gasteiger partial charge in [-0.05, 0) is 26.3 Å². The van der Waals surface area contributed by atoms with Gasteiger partial charge in [0.15, 0.2) is 17.0 Å². The summed E-state index contributed by atoms with van der Waals surface area (Å²) in [5.41, 5.74) is 3.86. The lowest BCUT2D eigenvalue weighted by atomic mass is 10.2. The number of hydrogen-bond acceptors (Lipinski definition) is 8. The Morgan fingerprint density at radius 1 is 1.26 bits per heavy atom. The van der Waals surface area contributed by atoms with Gasteiger partial charge in [-0.1, -0.05) is 0 Å². The molecule has 0 aliphatic carbocycles. The van der Waals surface area contributed by atoms with Crippen LogP contribution in [0.4, 0.5) is 5.82 Å². The molecule has 1 aliphatic rings. The molecule has 34 heavy (non-hydrogen) atoms. The second-order valence-electron chi connectivity index (χ2n) is 8.40. The van der Waals surface area contributed by atoms with Crippen molar-refractivity contribution in [3.8, 4) is 17.3 Å². The average molecular weight is 462 g/mol. The van der Waals surface area contributed by atoms with Crippen LogP contribution >= 0.6 is 0 Å². The van der Waals surface area contributed by atoms with E-state index in [4.69, 9.17) is 9.72 Å². The van der Waals surface area contributed by atoms with Crippen molar-refractivity contribution < 1.29 is 9.53 Å². The molecule has 0 aromatic carbocycles. The summed E-state index contributed by atoms with van der Waals surface area (Å²) in [7, 11) is 3.43. The lowest BCUT2D eigenvalue weighted by Crippen LogP contribution is -2.32. The number of carbonyl (C=O) groups excluding carboxylic acids is 1. The van der Waals surface area contributed by atoms with Gasteiger partial charge in [-0.15, -0.1) is 0 Å². The highest BCUT2D eigenvalue weighted by Gasteiger charge is 2.29. The number of pyridine rings is 1. The number of imidazole rings is 2. The largest absolute Gasteiger partial charge is 0.481 e. The monoisotopic (exact) mass is 461 g/mol. The van der Waals surface area contributed by atoms with Crippen LogP contribution in [0, 0.1) is 6.92 Å². The van der Waals surface area contributed by atoms with E-state index in [1.54, 1.807) is 36.7 Å². The molecule has 1 aliphatic heterocycles. The van der Waals surface area contributed by atoms with Gasteiger partial charge < -0.3 is 24.1 Å². The van der Waals surface area contributed by atoms with E-state index in [0.717, 1.165) is 29.0 Å². The zero-order chi connectivity index (χ0) is 23.8. The molecule has 0 radical (unpaired) electrons. The predicted molar refractivity (Wildman–Crippen MR) is 127 cm³/mol. The predicted octanol–water partition coefficient (Wildman–Crippen LogP) is 2.29. The summed E-state index contributed by atoms with van der Waals surface area (Å²) in [4.78, 5) is 37.0. The van der Waals surface area contributed by atoms with Crippen LogP contribution in [-0.2, 0) is 13.6 Å². The van der Waals surface area contributed by atoms with Gasteiger partial charge in [0.2, 0.25) is 5.88 Å². The molecule has 11 nitrogen and oxygen atoms in total. The smallest absolute Gasteiger partial charge is 0.272 e. The number of nitrogens with zero attached hydrogens (tertiary/aromatic N) is 8. The van der Waals surface area contributed by atoms with Crippen LogP contribution in [-0.4, -0.2) is 71.1 Å². The molecular formula is C23H27N9O2. The quantitative estimate of drug-likeness (QED) is 0.465. The molecule has 1 amide bonds. The third kappa shape index (κ3) is 3.72. The highest BCUT2D eigenvalue weighted by Crippen LogP contribution is 2.29. The van der Waals surface area contributed by atoms with Crippen molar-refractivity contribution in [1.29, 1.82) is 0 Å². The first-order valence-corrected chi connectivity index (χ1v) is 11.2. The zero-order valence-corrected chi connectivity index (χ0v) is 19.7. The number of rotatable bonds is 6. The van der Waals surface area contributed by atoms with Crippen LogP contribution in [0.5, 0.6) is 5.88 Å². The number of aryl methyl sites for hydroxylation is 3. The fraction of sp³-hybridized carbons (Fsp3) is 0.391. The summed E-state index contributed by atoms with van der Waals surface area (Å²) < 4.78 is 9.09. The molecule has 1 fully saturated rings. The summed E-state index contributed by atoms with van der Waals surface area (Å²) in [6.45, 7) is 5.96. The van der Waals surface area contributed by atoms with Gasteiger partial charge in [0.1, 0.15) is 17.8 Å². The lowest BCUT2D eigenvalue weighted by Gasteiger charge is -2.17. The lowest BCUT2D eigenvalue weighted by molar-refractivity contribution is 0.0782. The number of likely N-dealkylation sites (tertiary alicyclic amines) is 1. The Labute approximate surface area is 196 Å². The first kappa shape index (κ1) is 21.8. The summed E-state index contributed by atoms with van der Waals surface area (Å²) in [6, 6.07) is 2.08. The van der Waals surface area contributed by atoms with Crippen LogP contribution in [0.25, 0.3) is 22.6 Å². The second kappa shape index (κ2) is 8.73. The van der Waals surface area contributed by atoms with E-state index in [0.29, 0.717) is 42.5 Å². The Morgan fingerprint density at radius 2 is 2.12 bits per heavy atom. The van der Waals surface area contributed by atoms with Gasteiger partial charge in [-0.3, -0.25) is 4.79 Å². The minimum absolute atomic E-state index is 0.0166. The van der Waals surface area contributed by atoms with Gasteiger partial charge >= 0.3 is 0 Å².